The van der Waals surface area contributed by atoms with Crippen molar-refractivity contribution in [1.82, 2.24) is 15.6 Å². The molecule has 6 nitrogen and oxygen atoms in total. The van der Waals surface area contributed by atoms with Gasteiger partial charge in [-0.2, -0.15) is 0 Å². The highest BCUT2D eigenvalue weighted by Gasteiger charge is 2.07. The minimum Gasteiger partial charge on any atom is -0.384 e. The van der Waals surface area contributed by atoms with Gasteiger partial charge in [-0.25, -0.2) is 4.98 Å². The first-order chi connectivity index (χ1) is 8.02. The summed E-state index contributed by atoms with van der Waals surface area (Å²) in [5, 5.41) is 5.11. The Morgan fingerprint density at radius 2 is 2.12 bits per heavy atom. The third kappa shape index (κ3) is 4.10. The summed E-state index contributed by atoms with van der Waals surface area (Å²) in [6, 6.07) is 3.15. The van der Waals surface area contributed by atoms with Gasteiger partial charge < -0.3 is 16.4 Å². The Kier molecular flexibility index (Phi) is 4.45. The van der Waals surface area contributed by atoms with E-state index in [9.17, 15) is 9.59 Å². The van der Waals surface area contributed by atoms with E-state index in [-0.39, 0.29) is 18.2 Å². The molecule has 0 aliphatic rings. The first-order valence-electron chi connectivity index (χ1n) is 5.26. The summed E-state index contributed by atoms with van der Waals surface area (Å²) in [6.45, 7) is 2.05. The summed E-state index contributed by atoms with van der Waals surface area (Å²) in [5.41, 5.74) is 6.67. The number of rotatable bonds is 4. The first kappa shape index (κ1) is 13.0. The van der Waals surface area contributed by atoms with Gasteiger partial charge in [0.25, 0.3) is 5.91 Å². The Morgan fingerprint density at radius 3 is 2.71 bits per heavy atom. The van der Waals surface area contributed by atoms with Crippen molar-refractivity contribution >= 4 is 17.6 Å². The molecule has 17 heavy (non-hydrogen) atoms. The second-order valence-corrected chi connectivity index (χ2v) is 3.60. The topological polar surface area (TPSA) is 97.1 Å². The van der Waals surface area contributed by atoms with Crippen molar-refractivity contribution in [2.75, 3.05) is 19.3 Å². The number of anilines is 1. The van der Waals surface area contributed by atoms with Crippen LogP contribution < -0.4 is 16.4 Å². The largest absolute Gasteiger partial charge is 0.384 e. The minimum atomic E-state index is -0.258. The van der Waals surface area contributed by atoms with Crippen LogP contribution in [-0.4, -0.2) is 30.4 Å². The Hall–Kier alpha value is -2.11. The average molecular weight is 236 g/mol. The predicted molar refractivity (Wildman–Crippen MR) is 64.4 cm³/mol. The molecule has 92 valence electrons. The van der Waals surface area contributed by atoms with Gasteiger partial charge in [0.2, 0.25) is 5.91 Å². The molecule has 0 aliphatic carbocycles. The molecule has 1 rings (SSSR count). The standard InChI is InChI=1S/C11H16N4O2/c1-7-5-8(6-9(12)15-7)11(17)14-4-3-10(16)13-2/h5-6H,3-4H2,1-2H3,(H2,12,15)(H,13,16)(H,14,17). The average Bonchev–Trinajstić information content (AvgIpc) is 2.27. The monoisotopic (exact) mass is 236 g/mol. The fraction of sp³-hybridized carbons (Fsp3) is 0.364. The van der Waals surface area contributed by atoms with Crippen molar-refractivity contribution < 1.29 is 9.59 Å². The molecule has 0 saturated heterocycles. The number of pyridine rings is 1. The van der Waals surface area contributed by atoms with Crippen LogP contribution in [0.25, 0.3) is 0 Å². The van der Waals surface area contributed by atoms with E-state index < -0.39 is 0 Å². The zero-order chi connectivity index (χ0) is 12.8. The number of hydrogen-bond donors (Lipinski definition) is 3. The molecule has 0 atom stereocenters. The van der Waals surface area contributed by atoms with Gasteiger partial charge in [-0.05, 0) is 19.1 Å². The molecule has 0 aromatic carbocycles. The van der Waals surface area contributed by atoms with E-state index in [0.29, 0.717) is 23.6 Å². The second kappa shape index (κ2) is 5.83. The number of aromatic nitrogens is 1. The van der Waals surface area contributed by atoms with E-state index in [1.165, 1.54) is 6.07 Å². The molecule has 1 aromatic heterocycles. The molecule has 4 N–H and O–H groups in total. The Labute approximate surface area is 99.6 Å². The van der Waals surface area contributed by atoms with Crippen LogP contribution in [0.4, 0.5) is 5.82 Å². The molecule has 2 amide bonds. The summed E-state index contributed by atoms with van der Waals surface area (Å²) in [7, 11) is 1.55. The number of carbonyl (C=O) groups excluding carboxylic acids is 2. The van der Waals surface area contributed by atoms with E-state index in [0.717, 1.165) is 0 Å². The van der Waals surface area contributed by atoms with Gasteiger partial charge in [0.15, 0.2) is 0 Å². The van der Waals surface area contributed by atoms with Gasteiger partial charge in [0.1, 0.15) is 5.82 Å². The molecule has 0 saturated carbocycles. The number of aryl methyl sites for hydroxylation is 1. The van der Waals surface area contributed by atoms with Crippen LogP contribution in [0.3, 0.4) is 0 Å². The fourth-order valence-electron chi connectivity index (χ4n) is 1.34. The van der Waals surface area contributed by atoms with Crippen molar-refractivity contribution in [3.05, 3.63) is 23.4 Å². The van der Waals surface area contributed by atoms with Crippen LogP contribution in [0.5, 0.6) is 0 Å². The smallest absolute Gasteiger partial charge is 0.251 e. The fourth-order valence-corrected chi connectivity index (χ4v) is 1.34. The van der Waals surface area contributed by atoms with Crippen LogP contribution >= 0.6 is 0 Å². The number of amides is 2. The van der Waals surface area contributed by atoms with Crippen molar-refractivity contribution in [2.24, 2.45) is 0 Å². The van der Waals surface area contributed by atoms with E-state index >= 15 is 0 Å². The summed E-state index contributed by atoms with van der Waals surface area (Å²) in [4.78, 5) is 26.6. The van der Waals surface area contributed by atoms with Gasteiger partial charge in [0.05, 0.1) is 0 Å². The highest BCUT2D eigenvalue weighted by atomic mass is 16.2. The minimum absolute atomic E-state index is 0.115. The summed E-state index contributed by atoms with van der Waals surface area (Å²) < 4.78 is 0. The van der Waals surface area contributed by atoms with Crippen molar-refractivity contribution in [3.8, 4) is 0 Å². The van der Waals surface area contributed by atoms with E-state index in [2.05, 4.69) is 15.6 Å². The Bertz CT molecular complexity index is 411. The lowest BCUT2D eigenvalue weighted by Gasteiger charge is -2.06. The Morgan fingerprint density at radius 1 is 1.41 bits per heavy atom. The first-order valence-corrected chi connectivity index (χ1v) is 5.26. The highest BCUT2D eigenvalue weighted by Crippen LogP contribution is 2.06. The lowest BCUT2D eigenvalue weighted by molar-refractivity contribution is -0.120. The summed E-state index contributed by atoms with van der Waals surface area (Å²) in [5.74, 6) is -0.0664. The molecule has 0 unspecified atom stereocenters. The van der Waals surface area contributed by atoms with Crippen molar-refractivity contribution in [1.29, 1.82) is 0 Å². The van der Waals surface area contributed by atoms with E-state index in [4.69, 9.17) is 5.73 Å². The number of nitrogens with two attached hydrogens (primary N) is 1. The molecule has 1 heterocycles. The number of hydrogen-bond acceptors (Lipinski definition) is 4. The number of nitrogens with one attached hydrogen (secondary N) is 2. The highest BCUT2D eigenvalue weighted by molar-refractivity contribution is 5.95. The van der Waals surface area contributed by atoms with Gasteiger partial charge in [0, 0.05) is 31.3 Å². The van der Waals surface area contributed by atoms with Crippen LogP contribution in [-0.2, 0) is 4.79 Å². The molecular weight excluding hydrogens is 220 g/mol. The molecular formula is C11H16N4O2. The summed E-state index contributed by atoms with van der Waals surface area (Å²) >= 11 is 0. The number of nitrogen functional groups attached to an aromatic ring is 1. The molecule has 1 aromatic rings. The zero-order valence-corrected chi connectivity index (χ0v) is 9.91. The molecule has 0 bridgehead atoms. The molecule has 0 radical (unpaired) electrons. The van der Waals surface area contributed by atoms with Gasteiger partial charge >= 0.3 is 0 Å². The SMILES string of the molecule is CNC(=O)CCNC(=O)c1cc(C)nc(N)c1. The lowest BCUT2D eigenvalue weighted by atomic mass is 10.2. The van der Waals surface area contributed by atoms with Crippen molar-refractivity contribution in [3.63, 3.8) is 0 Å². The molecule has 0 fully saturated rings. The Balaban J connectivity index is 2.55. The maximum absolute atomic E-state index is 11.7. The third-order valence-electron chi connectivity index (χ3n) is 2.15. The van der Waals surface area contributed by atoms with Gasteiger partial charge in [-0.15, -0.1) is 0 Å². The van der Waals surface area contributed by atoms with Crippen LogP contribution in [0.1, 0.15) is 22.5 Å². The van der Waals surface area contributed by atoms with Crippen molar-refractivity contribution in [2.45, 2.75) is 13.3 Å². The second-order valence-electron chi connectivity index (χ2n) is 3.60. The molecule has 0 aliphatic heterocycles. The number of nitrogens with zero attached hydrogens (tertiary/aromatic N) is 1. The molecule has 6 heteroatoms. The maximum atomic E-state index is 11.7. The molecule has 0 spiro atoms. The van der Waals surface area contributed by atoms with Crippen LogP contribution in [0, 0.1) is 6.92 Å². The normalized spacial score (nSPS) is 9.76. The predicted octanol–water partition coefficient (Wildman–Crippen LogP) is -0.162. The van der Waals surface area contributed by atoms with Gasteiger partial charge in [-0.3, -0.25) is 9.59 Å². The zero-order valence-electron chi connectivity index (χ0n) is 9.91. The van der Waals surface area contributed by atoms with E-state index in [1.54, 1.807) is 20.0 Å². The van der Waals surface area contributed by atoms with Crippen LogP contribution in [0.2, 0.25) is 0 Å². The number of carbonyl (C=O) groups is 2. The quantitative estimate of drug-likeness (QED) is 0.676. The van der Waals surface area contributed by atoms with E-state index in [1.807, 2.05) is 0 Å². The maximum Gasteiger partial charge on any atom is 0.251 e. The van der Waals surface area contributed by atoms with Crippen LogP contribution in [0.15, 0.2) is 12.1 Å². The van der Waals surface area contributed by atoms with Gasteiger partial charge in [-0.1, -0.05) is 0 Å². The summed E-state index contributed by atoms with van der Waals surface area (Å²) in [6.07, 6.45) is 0.252. The lowest BCUT2D eigenvalue weighted by Crippen LogP contribution is -2.29. The third-order valence-corrected chi connectivity index (χ3v) is 2.15.